The van der Waals surface area contributed by atoms with Crippen LogP contribution in [0.15, 0.2) is 59.4 Å². The SMILES string of the molecule is CCc1cc2ccc([C@](C)(C#N)Cc3ccccc3)cc2[nH]c1=O. The van der Waals surface area contributed by atoms with Gasteiger partial charge in [0.05, 0.1) is 11.5 Å². The highest BCUT2D eigenvalue weighted by Gasteiger charge is 2.27. The summed E-state index contributed by atoms with van der Waals surface area (Å²) in [4.78, 5) is 15.0. The summed E-state index contributed by atoms with van der Waals surface area (Å²) in [5, 5.41) is 10.8. The van der Waals surface area contributed by atoms with E-state index in [1.165, 1.54) is 0 Å². The van der Waals surface area contributed by atoms with Crippen molar-refractivity contribution in [3.63, 3.8) is 0 Å². The lowest BCUT2D eigenvalue weighted by molar-refractivity contribution is 0.607. The molecule has 0 saturated heterocycles. The molecule has 0 unspecified atom stereocenters. The average molecular weight is 316 g/mol. The van der Waals surface area contributed by atoms with Crippen LogP contribution in [0.2, 0.25) is 0 Å². The van der Waals surface area contributed by atoms with Gasteiger partial charge in [-0.2, -0.15) is 5.26 Å². The van der Waals surface area contributed by atoms with E-state index in [0.29, 0.717) is 12.8 Å². The van der Waals surface area contributed by atoms with Crippen molar-refractivity contribution in [2.75, 3.05) is 0 Å². The number of hydrogen-bond donors (Lipinski definition) is 1. The second kappa shape index (κ2) is 6.33. The van der Waals surface area contributed by atoms with Crippen LogP contribution >= 0.6 is 0 Å². The highest BCUT2D eigenvalue weighted by Crippen LogP contribution is 2.29. The highest BCUT2D eigenvalue weighted by atomic mass is 16.1. The third kappa shape index (κ3) is 2.96. The minimum Gasteiger partial charge on any atom is -0.322 e. The third-order valence-corrected chi connectivity index (χ3v) is 4.59. The molecule has 0 saturated carbocycles. The third-order valence-electron chi connectivity index (χ3n) is 4.59. The molecule has 1 heterocycles. The molecule has 0 radical (unpaired) electrons. The van der Waals surface area contributed by atoms with Crippen LogP contribution in [0.3, 0.4) is 0 Å². The van der Waals surface area contributed by atoms with Gasteiger partial charge in [-0.3, -0.25) is 4.79 Å². The lowest BCUT2D eigenvalue weighted by Crippen LogP contribution is -2.23. The van der Waals surface area contributed by atoms with Crippen LogP contribution < -0.4 is 5.56 Å². The van der Waals surface area contributed by atoms with Crippen LogP contribution in [-0.2, 0) is 18.3 Å². The molecule has 1 aromatic heterocycles. The van der Waals surface area contributed by atoms with Crippen LogP contribution in [0.1, 0.15) is 30.5 Å². The highest BCUT2D eigenvalue weighted by molar-refractivity contribution is 5.80. The minimum atomic E-state index is -0.643. The van der Waals surface area contributed by atoms with Crippen molar-refractivity contribution in [1.82, 2.24) is 4.98 Å². The van der Waals surface area contributed by atoms with E-state index < -0.39 is 5.41 Å². The Morgan fingerprint density at radius 2 is 1.88 bits per heavy atom. The van der Waals surface area contributed by atoms with Crippen molar-refractivity contribution in [2.45, 2.75) is 32.1 Å². The molecule has 0 fully saturated rings. The second-order valence-electron chi connectivity index (χ2n) is 6.39. The van der Waals surface area contributed by atoms with Gasteiger partial charge in [-0.25, -0.2) is 0 Å². The first-order chi connectivity index (χ1) is 11.6. The minimum absolute atomic E-state index is 0.0520. The quantitative estimate of drug-likeness (QED) is 0.787. The van der Waals surface area contributed by atoms with Crippen LogP contribution in [-0.4, -0.2) is 4.98 Å². The molecule has 0 aliphatic carbocycles. The molecule has 3 rings (SSSR count). The number of aromatic nitrogens is 1. The number of nitrogens with zero attached hydrogens (tertiary/aromatic N) is 1. The normalized spacial score (nSPS) is 13.4. The van der Waals surface area contributed by atoms with Gasteiger partial charge >= 0.3 is 0 Å². The Hall–Kier alpha value is -2.86. The Bertz CT molecular complexity index is 967. The number of aromatic amines is 1. The van der Waals surface area contributed by atoms with Gasteiger partial charge in [0.2, 0.25) is 0 Å². The summed E-state index contributed by atoms with van der Waals surface area (Å²) in [6.45, 7) is 3.91. The lowest BCUT2D eigenvalue weighted by atomic mass is 9.78. The summed E-state index contributed by atoms with van der Waals surface area (Å²) in [6.07, 6.45) is 1.34. The average Bonchev–Trinajstić information content (AvgIpc) is 2.61. The molecule has 0 bridgehead atoms. The number of pyridine rings is 1. The van der Waals surface area contributed by atoms with E-state index in [0.717, 1.165) is 27.6 Å². The van der Waals surface area contributed by atoms with Crippen molar-refractivity contribution in [2.24, 2.45) is 0 Å². The molecule has 3 nitrogen and oxygen atoms in total. The smallest absolute Gasteiger partial charge is 0.251 e. The zero-order valence-corrected chi connectivity index (χ0v) is 14.0. The van der Waals surface area contributed by atoms with Crippen molar-refractivity contribution < 1.29 is 0 Å². The summed E-state index contributed by atoms with van der Waals surface area (Å²) < 4.78 is 0. The molecule has 1 atom stereocenters. The fraction of sp³-hybridized carbons (Fsp3) is 0.238. The zero-order valence-electron chi connectivity index (χ0n) is 14.0. The van der Waals surface area contributed by atoms with Gasteiger partial charge in [-0.15, -0.1) is 0 Å². The van der Waals surface area contributed by atoms with Gasteiger partial charge in [-0.1, -0.05) is 49.4 Å². The van der Waals surface area contributed by atoms with Crippen LogP contribution in [0, 0.1) is 11.3 Å². The maximum absolute atomic E-state index is 12.1. The van der Waals surface area contributed by atoms with Gasteiger partial charge < -0.3 is 4.98 Å². The van der Waals surface area contributed by atoms with Crippen LogP contribution in [0.25, 0.3) is 10.9 Å². The van der Waals surface area contributed by atoms with E-state index in [1.807, 2.05) is 68.4 Å². The molecule has 3 aromatic rings. The summed E-state index contributed by atoms with van der Waals surface area (Å²) in [5.74, 6) is 0. The maximum Gasteiger partial charge on any atom is 0.251 e. The molecule has 0 aliphatic rings. The molecule has 24 heavy (non-hydrogen) atoms. The summed E-state index contributed by atoms with van der Waals surface area (Å²) in [5.41, 5.74) is 2.91. The van der Waals surface area contributed by atoms with Crippen molar-refractivity contribution in [3.8, 4) is 6.07 Å². The largest absolute Gasteiger partial charge is 0.322 e. The van der Waals surface area contributed by atoms with Crippen LogP contribution in [0.5, 0.6) is 0 Å². The fourth-order valence-corrected chi connectivity index (χ4v) is 3.06. The second-order valence-corrected chi connectivity index (χ2v) is 6.39. The number of fused-ring (bicyclic) bond motifs is 1. The summed E-state index contributed by atoms with van der Waals surface area (Å²) in [7, 11) is 0. The number of nitrogens with one attached hydrogen (secondary N) is 1. The number of aryl methyl sites for hydroxylation is 1. The van der Waals surface area contributed by atoms with Crippen molar-refractivity contribution in [1.29, 1.82) is 5.26 Å². The van der Waals surface area contributed by atoms with Gasteiger partial charge in [0.15, 0.2) is 0 Å². The van der Waals surface area contributed by atoms with E-state index >= 15 is 0 Å². The predicted octanol–water partition coefficient (Wildman–Crippen LogP) is 4.11. The summed E-state index contributed by atoms with van der Waals surface area (Å²) in [6, 6.07) is 20.3. The van der Waals surface area contributed by atoms with Gasteiger partial charge in [-0.05, 0) is 48.4 Å². The van der Waals surface area contributed by atoms with Gasteiger partial charge in [0.25, 0.3) is 5.56 Å². The number of benzene rings is 2. The number of H-pyrrole nitrogens is 1. The Balaban J connectivity index is 2.06. The molecule has 0 amide bonds. The van der Waals surface area contributed by atoms with Gasteiger partial charge in [0.1, 0.15) is 0 Å². The molecule has 3 heteroatoms. The standard InChI is InChI=1S/C21H20N2O/c1-3-16-11-17-9-10-18(12-19(17)23-20(16)24)21(2,14-22)13-15-7-5-4-6-8-15/h4-12H,3,13H2,1-2H3,(H,23,24)/t21-/m0/s1. The molecular weight excluding hydrogens is 296 g/mol. The first-order valence-electron chi connectivity index (χ1n) is 8.17. The van der Waals surface area contributed by atoms with E-state index in [-0.39, 0.29) is 5.56 Å². The Morgan fingerprint density at radius 1 is 1.12 bits per heavy atom. The lowest BCUT2D eigenvalue weighted by Gasteiger charge is -2.22. The van der Waals surface area contributed by atoms with E-state index in [4.69, 9.17) is 0 Å². The molecule has 0 aliphatic heterocycles. The number of nitriles is 1. The molecule has 2 aromatic carbocycles. The maximum atomic E-state index is 12.1. The predicted molar refractivity (Wildman–Crippen MR) is 97.1 cm³/mol. The number of rotatable bonds is 4. The van der Waals surface area contributed by atoms with Crippen molar-refractivity contribution >= 4 is 10.9 Å². The first kappa shape index (κ1) is 16.0. The van der Waals surface area contributed by atoms with E-state index in [1.54, 1.807) is 0 Å². The van der Waals surface area contributed by atoms with Gasteiger partial charge in [0, 0.05) is 11.1 Å². The van der Waals surface area contributed by atoms with E-state index in [9.17, 15) is 10.1 Å². The summed E-state index contributed by atoms with van der Waals surface area (Å²) >= 11 is 0. The molecule has 0 spiro atoms. The molecule has 120 valence electrons. The number of hydrogen-bond acceptors (Lipinski definition) is 2. The Kier molecular flexibility index (Phi) is 4.22. The molecular formula is C21H20N2O. The topological polar surface area (TPSA) is 56.6 Å². The fourth-order valence-electron chi connectivity index (χ4n) is 3.06. The monoisotopic (exact) mass is 316 g/mol. The molecule has 1 N–H and O–H groups in total. The zero-order chi connectivity index (χ0) is 17.2. The first-order valence-corrected chi connectivity index (χ1v) is 8.17. The Labute approximate surface area is 141 Å². The van der Waals surface area contributed by atoms with Crippen LogP contribution in [0.4, 0.5) is 0 Å². The Morgan fingerprint density at radius 3 is 2.54 bits per heavy atom. The van der Waals surface area contributed by atoms with E-state index in [2.05, 4.69) is 11.1 Å². The van der Waals surface area contributed by atoms with Crippen molar-refractivity contribution in [3.05, 3.63) is 81.6 Å².